The lowest BCUT2D eigenvalue weighted by atomic mass is 10.3. The normalized spacial score (nSPS) is 10.5. The van der Waals surface area contributed by atoms with E-state index in [1.807, 2.05) is 43.0 Å². The minimum atomic E-state index is -0.281. The molecule has 0 atom stereocenters. The van der Waals surface area contributed by atoms with E-state index in [1.165, 1.54) is 7.11 Å². The van der Waals surface area contributed by atoms with Gasteiger partial charge in [-0.2, -0.15) is 0 Å². The largest absolute Gasteiger partial charge is 0.468 e. The van der Waals surface area contributed by atoms with Gasteiger partial charge >= 0.3 is 5.97 Å². The zero-order chi connectivity index (χ0) is 13.8. The van der Waals surface area contributed by atoms with Gasteiger partial charge < -0.3 is 9.64 Å². The molecule has 1 heterocycles. The second-order valence-electron chi connectivity index (χ2n) is 4.21. The number of aromatic nitrogens is 2. The number of carbonyl (C=O) groups is 1. The highest BCUT2D eigenvalue weighted by Crippen LogP contribution is 2.19. The van der Waals surface area contributed by atoms with Crippen LogP contribution in [0.5, 0.6) is 0 Å². The molecule has 19 heavy (non-hydrogen) atoms. The summed E-state index contributed by atoms with van der Waals surface area (Å²) < 4.78 is 4.70. The van der Waals surface area contributed by atoms with Gasteiger partial charge in [-0.3, -0.25) is 4.79 Å². The number of hydrogen-bond acceptors (Lipinski definition) is 5. The fourth-order valence-corrected chi connectivity index (χ4v) is 1.94. The molecule has 1 aromatic heterocycles. The molecule has 5 heteroatoms. The molecule has 0 bridgehead atoms. The number of benzene rings is 1. The Hall–Kier alpha value is -2.17. The molecule has 0 N–H and O–H groups in total. The zero-order valence-electron chi connectivity index (χ0n) is 11.4. The third kappa shape index (κ3) is 2.81. The van der Waals surface area contributed by atoms with Crippen molar-refractivity contribution in [2.45, 2.75) is 13.8 Å². The number of ether oxygens (including phenoxy) is 1. The van der Waals surface area contributed by atoms with Crippen molar-refractivity contribution in [1.29, 1.82) is 0 Å². The molecule has 100 valence electrons. The molecule has 0 amide bonds. The maximum Gasteiger partial charge on any atom is 0.325 e. The first-order chi connectivity index (χ1) is 9.15. The van der Waals surface area contributed by atoms with Gasteiger partial charge in [0.1, 0.15) is 6.54 Å². The number of para-hydroxylation sites is 2. The molecule has 2 aromatic rings. The third-order valence-corrected chi connectivity index (χ3v) is 2.95. The molecule has 0 aliphatic heterocycles. The van der Waals surface area contributed by atoms with Gasteiger partial charge in [0.25, 0.3) is 0 Å². The lowest BCUT2D eigenvalue weighted by Gasteiger charge is -2.22. The second-order valence-corrected chi connectivity index (χ2v) is 4.21. The third-order valence-electron chi connectivity index (χ3n) is 2.95. The number of hydrogen-bond donors (Lipinski definition) is 0. The maximum atomic E-state index is 11.4. The number of nitrogens with zero attached hydrogens (tertiary/aromatic N) is 3. The van der Waals surface area contributed by atoms with Crippen molar-refractivity contribution in [3.8, 4) is 0 Å². The Morgan fingerprint density at radius 3 is 2.47 bits per heavy atom. The van der Waals surface area contributed by atoms with E-state index >= 15 is 0 Å². The number of likely N-dealkylation sites (N-methyl/N-ethyl adjacent to an activating group) is 1. The number of anilines is 1. The molecule has 0 unspecified atom stereocenters. The topological polar surface area (TPSA) is 55.3 Å². The van der Waals surface area contributed by atoms with Crippen molar-refractivity contribution in [3.05, 3.63) is 30.0 Å². The molecular formula is C14H17N3O2. The molecule has 1 aromatic carbocycles. The molecular weight excluding hydrogens is 242 g/mol. The molecule has 0 fully saturated rings. The highest BCUT2D eigenvalue weighted by molar-refractivity contribution is 5.79. The molecule has 0 radical (unpaired) electrons. The van der Waals surface area contributed by atoms with Crippen LogP contribution in [0.15, 0.2) is 24.3 Å². The van der Waals surface area contributed by atoms with E-state index in [4.69, 9.17) is 4.74 Å². The van der Waals surface area contributed by atoms with Crippen molar-refractivity contribution in [3.63, 3.8) is 0 Å². The van der Waals surface area contributed by atoms with E-state index in [2.05, 4.69) is 9.97 Å². The van der Waals surface area contributed by atoms with Gasteiger partial charge in [-0.15, -0.1) is 0 Å². The van der Waals surface area contributed by atoms with Crippen molar-refractivity contribution >= 4 is 22.8 Å². The highest BCUT2D eigenvalue weighted by Gasteiger charge is 2.15. The Labute approximate surface area is 112 Å². The minimum Gasteiger partial charge on any atom is -0.468 e. The van der Waals surface area contributed by atoms with Gasteiger partial charge in [-0.25, -0.2) is 9.97 Å². The zero-order valence-corrected chi connectivity index (χ0v) is 11.4. The lowest BCUT2D eigenvalue weighted by molar-refractivity contribution is -0.138. The Balaban J connectivity index is 2.41. The van der Waals surface area contributed by atoms with Gasteiger partial charge in [-0.1, -0.05) is 12.1 Å². The molecule has 0 saturated heterocycles. The number of aryl methyl sites for hydroxylation is 1. The van der Waals surface area contributed by atoms with E-state index < -0.39 is 0 Å². The average Bonchev–Trinajstić information content (AvgIpc) is 2.44. The predicted molar refractivity (Wildman–Crippen MR) is 74.2 cm³/mol. The summed E-state index contributed by atoms with van der Waals surface area (Å²) in [7, 11) is 1.38. The van der Waals surface area contributed by atoms with Crippen LogP contribution in [0.4, 0.5) is 5.82 Å². The monoisotopic (exact) mass is 259 g/mol. The quantitative estimate of drug-likeness (QED) is 0.785. The van der Waals surface area contributed by atoms with Gasteiger partial charge in [-0.05, 0) is 26.0 Å². The molecule has 0 aliphatic carbocycles. The van der Waals surface area contributed by atoms with Crippen LogP contribution < -0.4 is 4.90 Å². The first-order valence-electron chi connectivity index (χ1n) is 6.20. The second kappa shape index (κ2) is 5.65. The molecule has 0 spiro atoms. The van der Waals surface area contributed by atoms with Crippen LogP contribution in [0.3, 0.4) is 0 Å². The van der Waals surface area contributed by atoms with Crippen LogP contribution >= 0.6 is 0 Å². The molecule has 2 rings (SSSR count). The van der Waals surface area contributed by atoms with Crippen molar-refractivity contribution in [1.82, 2.24) is 9.97 Å². The Morgan fingerprint density at radius 1 is 1.26 bits per heavy atom. The Bertz CT molecular complexity index is 598. The number of esters is 1. The van der Waals surface area contributed by atoms with E-state index in [1.54, 1.807) is 0 Å². The highest BCUT2D eigenvalue weighted by atomic mass is 16.5. The summed E-state index contributed by atoms with van der Waals surface area (Å²) in [5.74, 6) is 0.447. The smallest absolute Gasteiger partial charge is 0.325 e. The molecule has 5 nitrogen and oxygen atoms in total. The number of rotatable bonds is 4. The van der Waals surface area contributed by atoms with Crippen LogP contribution in [0.1, 0.15) is 12.6 Å². The van der Waals surface area contributed by atoms with Crippen molar-refractivity contribution < 1.29 is 9.53 Å². The van der Waals surface area contributed by atoms with Gasteiger partial charge in [0.05, 0.1) is 23.8 Å². The van der Waals surface area contributed by atoms with E-state index in [-0.39, 0.29) is 12.5 Å². The van der Waals surface area contributed by atoms with Gasteiger partial charge in [0.2, 0.25) is 0 Å². The van der Waals surface area contributed by atoms with E-state index in [0.717, 1.165) is 22.5 Å². The van der Waals surface area contributed by atoms with Gasteiger partial charge in [0, 0.05) is 6.54 Å². The van der Waals surface area contributed by atoms with Crippen molar-refractivity contribution in [2.75, 3.05) is 25.1 Å². The molecule has 0 aliphatic rings. The SMILES string of the molecule is CCN(CC(=O)OC)c1nc2ccccc2nc1C. The van der Waals surface area contributed by atoms with E-state index in [9.17, 15) is 4.79 Å². The average molecular weight is 259 g/mol. The fraction of sp³-hybridized carbons (Fsp3) is 0.357. The minimum absolute atomic E-state index is 0.181. The molecule has 0 saturated carbocycles. The Morgan fingerprint density at radius 2 is 1.89 bits per heavy atom. The van der Waals surface area contributed by atoms with E-state index in [0.29, 0.717) is 6.54 Å². The summed E-state index contributed by atoms with van der Waals surface area (Å²) in [4.78, 5) is 22.4. The van der Waals surface area contributed by atoms with Crippen LogP contribution in [0, 0.1) is 6.92 Å². The summed E-state index contributed by atoms with van der Waals surface area (Å²) in [6.07, 6.45) is 0. The first-order valence-corrected chi connectivity index (χ1v) is 6.20. The summed E-state index contributed by atoms with van der Waals surface area (Å²) in [5.41, 5.74) is 2.49. The summed E-state index contributed by atoms with van der Waals surface area (Å²) >= 11 is 0. The van der Waals surface area contributed by atoms with Crippen molar-refractivity contribution in [2.24, 2.45) is 0 Å². The summed E-state index contributed by atoms with van der Waals surface area (Å²) in [6.45, 7) is 4.72. The first kappa shape index (κ1) is 13.3. The predicted octanol–water partition coefficient (Wildman–Crippen LogP) is 1.94. The van der Waals surface area contributed by atoms with Crippen LogP contribution in [0.2, 0.25) is 0 Å². The maximum absolute atomic E-state index is 11.4. The summed E-state index contributed by atoms with van der Waals surface area (Å²) in [5, 5.41) is 0. The lowest BCUT2D eigenvalue weighted by Crippen LogP contribution is -2.31. The fourth-order valence-electron chi connectivity index (χ4n) is 1.94. The number of methoxy groups -OCH3 is 1. The van der Waals surface area contributed by atoms with Crippen LogP contribution in [-0.2, 0) is 9.53 Å². The van der Waals surface area contributed by atoms with Crippen LogP contribution in [-0.4, -0.2) is 36.1 Å². The summed E-state index contributed by atoms with van der Waals surface area (Å²) in [6, 6.07) is 7.70. The van der Waals surface area contributed by atoms with Crippen LogP contribution in [0.25, 0.3) is 11.0 Å². The number of fused-ring (bicyclic) bond motifs is 1. The Kier molecular flexibility index (Phi) is 3.94. The standard InChI is InChI=1S/C14H17N3O2/c1-4-17(9-13(18)19-3)14-10(2)15-11-7-5-6-8-12(11)16-14/h5-8H,4,9H2,1-3H3. The van der Waals surface area contributed by atoms with Gasteiger partial charge in [0.15, 0.2) is 5.82 Å². The number of carbonyl (C=O) groups excluding carboxylic acids is 1.